The lowest BCUT2D eigenvalue weighted by molar-refractivity contribution is -0.124. The van der Waals surface area contributed by atoms with Crippen LogP contribution in [0.3, 0.4) is 0 Å². The molecule has 0 atom stereocenters. The van der Waals surface area contributed by atoms with E-state index in [1.165, 1.54) is 6.07 Å². The second-order valence-corrected chi connectivity index (χ2v) is 10.4. The summed E-state index contributed by atoms with van der Waals surface area (Å²) in [6.45, 7) is 6.47. The Balaban J connectivity index is 1.57. The van der Waals surface area contributed by atoms with Crippen LogP contribution in [0.25, 0.3) is 10.9 Å². The quantitative estimate of drug-likeness (QED) is 0.186. The van der Waals surface area contributed by atoms with Crippen LogP contribution in [0.5, 0.6) is 0 Å². The van der Waals surface area contributed by atoms with Crippen molar-refractivity contribution in [2.24, 2.45) is 5.92 Å². The van der Waals surface area contributed by atoms with Gasteiger partial charge >= 0.3 is 0 Å². The van der Waals surface area contributed by atoms with Crippen molar-refractivity contribution in [3.05, 3.63) is 94.1 Å². The van der Waals surface area contributed by atoms with E-state index in [0.29, 0.717) is 23.3 Å². The van der Waals surface area contributed by atoms with Gasteiger partial charge in [-0.25, -0.2) is 8.78 Å². The zero-order chi connectivity index (χ0) is 29.7. The summed E-state index contributed by atoms with van der Waals surface area (Å²) in [6, 6.07) is 15.2. The lowest BCUT2D eigenvalue weighted by atomic mass is 10.1. The number of amides is 3. The lowest BCUT2D eigenvalue weighted by Crippen LogP contribution is -2.27. The summed E-state index contributed by atoms with van der Waals surface area (Å²) < 4.78 is 28.9. The second kappa shape index (κ2) is 13.0. The summed E-state index contributed by atoms with van der Waals surface area (Å²) in [4.78, 5) is 38.2. The first-order chi connectivity index (χ1) is 19.6. The summed E-state index contributed by atoms with van der Waals surface area (Å²) in [5.41, 5.74) is 2.76. The van der Waals surface area contributed by atoms with Gasteiger partial charge in [0.2, 0.25) is 5.91 Å². The van der Waals surface area contributed by atoms with Gasteiger partial charge in [0.15, 0.2) is 11.6 Å². The third-order valence-corrected chi connectivity index (χ3v) is 6.90. The molecule has 0 aliphatic carbocycles. The molecule has 4 aromatic rings. The average Bonchev–Trinajstić information content (AvgIpc) is 3.30. The van der Waals surface area contributed by atoms with Crippen LogP contribution in [-0.2, 0) is 17.9 Å². The first-order valence-electron chi connectivity index (χ1n) is 13.3. The third-order valence-electron chi connectivity index (χ3n) is 6.57. The number of fused-ring (bicyclic) bond motifs is 1. The van der Waals surface area contributed by atoms with E-state index in [0.717, 1.165) is 36.1 Å². The molecule has 1 heterocycles. The third kappa shape index (κ3) is 7.10. The number of halogens is 3. The van der Waals surface area contributed by atoms with Gasteiger partial charge in [-0.2, -0.15) is 0 Å². The standard InChI is InChI=1S/C31H31ClF2N4O3/c1-4-5-12-38-27-11-8-21(14-20(27)15-28(38)31(41)37-22-7-10-25(33)26(34)16-22)36-30(40)23-13-19(6-9-24(23)32)17-35-29(39)18(2)3/h6-11,13-16,18H,4-5,12,17H2,1-3H3,(H,35,39)(H,36,40)(H,37,41). The molecule has 3 N–H and O–H groups in total. The van der Waals surface area contributed by atoms with Gasteiger partial charge < -0.3 is 20.5 Å². The Morgan fingerprint density at radius 2 is 1.59 bits per heavy atom. The Morgan fingerprint density at radius 3 is 2.29 bits per heavy atom. The molecule has 3 aromatic carbocycles. The van der Waals surface area contributed by atoms with Crippen LogP contribution < -0.4 is 16.0 Å². The van der Waals surface area contributed by atoms with E-state index < -0.39 is 23.4 Å². The van der Waals surface area contributed by atoms with E-state index in [-0.39, 0.29) is 34.6 Å². The highest BCUT2D eigenvalue weighted by molar-refractivity contribution is 6.34. The zero-order valence-corrected chi connectivity index (χ0v) is 23.7. The Labute approximate surface area is 241 Å². The molecule has 0 spiro atoms. The van der Waals surface area contributed by atoms with Crippen molar-refractivity contribution >= 4 is 51.6 Å². The summed E-state index contributed by atoms with van der Waals surface area (Å²) in [5.74, 6) is -3.20. The number of aryl methyl sites for hydroxylation is 1. The number of hydrogen-bond acceptors (Lipinski definition) is 3. The molecule has 0 aliphatic heterocycles. The molecule has 41 heavy (non-hydrogen) atoms. The first-order valence-corrected chi connectivity index (χ1v) is 13.7. The van der Waals surface area contributed by atoms with E-state index >= 15 is 0 Å². The molecule has 0 radical (unpaired) electrons. The number of hydrogen-bond donors (Lipinski definition) is 3. The predicted molar refractivity (Wildman–Crippen MR) is 157 cm³/mol. The minimum Gasteiger partial charge on any atom is -0.352 e. The minimum absolute atomic E-state index is 0.0944. The summed E-state index contributed by atoms with van der Waals surface area (Å²) in [7, 11) is 0. The molecule has 0 unspecified atom stereocenters. The normalized spacial score (nSPS) is 11.1. The van der Waals surface area contributed by atoms with Gasteiger partial charge in [0.25, 0.3) is 11.8 Å². The molecular weight excluding hydrogens is 550 g/mol. The van der Waals surface area contributed by atoms with Crippen LogP contribution in [0.4, 0.5) is 20.2 Å². The highest BCUT2D eigenvalue weighted by atomic mass is 35.5. The van der Waals surface area contributed by atoms with Gasteiger partial charge in [-0.3, -0.25) is 14.4 Å². The number of nitrogens with one attached hydrogen (secondary N) is 3. The molecule has 4 rings (SSSR count). The number of aromatic nitrogens is 1. The number of carbonyl (C=O) groups is 3. The van der Waals surface area contributed by atoms with E-state index in [1.807, 2.05) is 17.6 Å². The molecular formula is C31H31ClF2N4O3. The molecule has 1 aromatic heterocycles. The summed E-state index contributed by atoms with van der Waals surface area (Å²) in [5, 5.41) is 9.29. The van der Waals surface area contributed by atoms with Crippen LogP contribution in [0.2, 0.25) is 5.02 Å². The number of carbonyl (C=O) groups excluding carboxylic acids is 3. The molecule has 0 aliphatic rings. The van der Waals surface area contributed by atoms with Gasteiger partial charge in [-0.1, -0.05) is 44.9 Å². The topological polar surface area (TPSA) is 92.2 Å². The fourth-order valence-electron chi connectivity index (χ4n) is 4.31. The van der Waals surface area contributed by atoms with Crippen molar-refractivity contribution in [3.8, 4) is 0 Å². The second-order valence-electron chi connectivity index (χ2n) is 10.0. The van der Waals surface area contributed by atoms with Crippen molar-refractivity contribution in [2.75, 3.05) is 10.6 Å². The molecule has 0 fully saturated rings. The number of anilines is 2. The van der Waals surface area contributed by atoms with Crippen LogP contribution in [0.15, 0.2) is 60.7 Å². The van der Waals surface area contributed by atoms with Crippen LogP contribution in [-0.4, -0.2) is 22.3 Å². The van der Waals surface area contributed by atoms with Crippen molar-refractivity contribution in [1.82, 2.24) is 9.88 Å². The zero-order valence-electron chi connectivity index (χ0n) is 23.0. The maximum Gasteiger partial charge on any atom is 0.272 e. The molecule has 0 saturated carbocycles. The molecule has 0 bridgehead atoms. The van der Waals surface area contributed by atoms with Crippen LogP contribution in [0, 0.1) is 17.6 Å². The van der Waals surface area contributed by atoms with Crippen molar-refractivity contribution in [3.63, 3.8) is 0 Å². The maximum atomic E-state index is 13.7. The van der Waals surface area contributed by atoms with Crippen LogP contribution in [0.1, 0.15) is 60.0 Å². The number of nitrogens with zero attached hydrogens (tertiary/aromatic N) is 1. The SMILES string of the molecule is CCCCn1c(C(=O)Nc2ccc(F)c(F)c2)cc2cc(NC(=O)c3cc(CNC(=O)C(C)C)ccc3Cl)ccc21. The fourth-order valence-corrected chi connectivity index (χ4v) is 4.51. The van der Waals surface area contributed by atoms with E-state index in [9.17, 15) is 23.2 Å². The monoisotopic (exact) mass is 580 g/mol. The van der Waals surface area contributed by atoms with Crippen molar-refractivity contribution < 1.29 is 23.2 Å². The number of benzene rings is 3. The maximum absolute atomic E-state index is 13.7. The largest absolute Gasteiger partial charge is 0.352 e. The fraction of sp³-hybridized carbons (Fsp3) is 0.258. The van der Waals surface area contributed by atoms with Gasteiger partial charge in [-0.15, -0.1) is 0 Å². The van der Waals surface area contributed by atoms with Crippen molar-refractivity contribution in [1.29, 1.82) is 0 Å². The average molecular weight is 581 g/mol. The van der Waals surface area contributed by atoms with E-state index in [2.05, 4.69) is 16.0 Å². The molecule has 10 heteroatoms. The lowest BCUT2D eigenvalue weighted by Gasteiger charge is -2.12. The van der Waals surface area contributed by atoms with E-state index in [4.69, 9.17) is 11.6 Å². The molecule has 3 amide bonds. The number of unbranched alkanes of at least 4 members (excludes halogenated alkanes) is 1. The Hall–Kier alpha value is -4.24. The summed E-state index contributed by atoms with van der Waals surface area (Å²) in [6.07, 6.45) is 1.72. The number of rotatable bonds is 10. The van der Waals surface area contributed by atoms with Gasteiger partial charge in [0.05, 0.1) is 10.6 Å². The Bertz CT molecular complexity index is 1620. The Kier molecular flexibility index (Phi) is 9.39. The Morgan fingerprint density at radius 1 is 0.878 bits per heavy atom. The first kappa shape index (κ1) is 29.7. The minimum atomic E-state index is -1.05. The van der Waals surface area contributed by atoms with Gasteiger partial charge in [0.1, 0.15) is 5.69 Å². The highest BCUT2D eigenvalue weighted by Crippen LogP contribution is 2.27. The molecule has 214 valence electrons. The highest BCUT2D eigenvalue weighted by Gasteiger charge is 2.18. The van der Waals surface area contributed by atoms with Crippen LogP contribution >= 0.6 is 11.6 Å². The molecule has 0 saturated heterocycles. The smallest absolute Gasteiger partial charge is 0.272 e. The van der Waals surface area contributed by atoms with E-state index in [1.54, 1.807) is 50.2 Å². The molecule has 7 nitrogen and oxygen atoms in total. The predicted octanol–water partition coefficient (Wildman–Crippen LogP) is 7.15. The summed E-state index contributed by atoms with van der Waals surface area (Å²) >= 11 is 6.32. The van der Waals surface area contributed by atoms with Crippen molar-refractivity contribution in [2.45, 2.75) is 46.7 Å². The van der Waals surface area contributed by atoms with Gasteiger partial charge in [0, 0.05) is 47.4 Å². The van der Waals surface area contributed by atoms with Gasteiger partial charge in [-0.05, 0) is 60.5 Å².